The Labute approximate surface area is 92.7 Å². The molecule has 2 rings (SSSR count). The summed E-state index contributed by atoms with van der Waals surface area (Å²) in [6.45, 7) is 1.63. The van der Waals surface area contributed by atoms with Crippen LogP contribution in [0.15, 0.2) is 23.5 Å². The fourth-order valence-corrected chi connectivity index (χ4v) is 1.35. The smallest absolute Gasteiger partial charge is 0.189 e. The van der Waals surface area contributed by atoms with Gasteiger partial charge in [0.1, 0.15) is 11.8 Å². The number of rotatable bonds is 4. The second-order valence-electron chi connectivity index (χ2n) is 3.47. The monoisotopic (exact) mass is 223 g/mol. The molecular formula is C10H13N3O3. The molecule has 0 unspecified atom stereocenters. The van der Waals surface area contributed by atoms with E-state index in [1.165, 1.54) is 0 Å². The zero-order valence-electron chi connectivity index (χ0n) is 8.67. The second-order valence-corrected chi connectivity index (χ2v) is 3.47. The summed E-state index contributed by atoms with van der Waals surface area (Å²) < 4.78 is 10.5. The lowest BCUT2D eigenvalue weighted by molar-refractivity contribution is -0.135. The summed E-state index contributed by atoms with van der Waals surface area (Å²) in [6.07, 6.45) is 1.73. The van der Waals surface area contributed by atoms with Gasteiger partial charge in [0.2, 0.25) is 0 Å². The first-order valence-corrected chi connectivity index (χ1v) is 4.92. The number of nitrogens with two attached hydrogens (primary N) is 1. The summed E-state index contributed by atoms with van der Waals surface area (Å²) in [6, 6.07) is 3.62. The normalized spacial score (nSPS) is 17.1. The van der Waals surface area contributed by atoms with Gasteiger partial charge in [-0.2, -0.15) is 0 Å². The van der Waals surface area contributed by atoms with Crippen LogP contribution in [0.1, 0.15) is 11.3 Å². The van der Waals surface area contributed by atoms with Crippen molar-refractivity contribution >= 4 is 5.84 Å². The summed E-state index contributed by atoms with van der Waals surface area (Å²) in [5, 5.41) is 11.5. The molecule has 1 saturated heterocycles. The molecule has 1 aromatic rings. The Hall–Kier alpha value is -1.66. The van der Waals surface area contributed by atoms with Crippen molar-refractivity contribution in [1.29, 1.82) is 0 Å². The Morgan fingerprint density at radius 2 is 2.50 bits per heavy atom. The van der Waals surface area contributed by atoms with Crippen LogP contribution in [0.2, 0.25) is 0 Å². The van der Waals surface area contributed by atoms with Crippen molar-refractivity contribution in [1.82, 2.24) is 4.98 Å². The summed E-state index contributed by atoms with van der Waals surface area (Å²) in [5.41, 5.74) is 6.75. The van der Waals surface area contributed by atoms with Gasteiger partial charge in [-0.25, -0.2) is 0 Å². The molecule has 2 heterocycles. The van der Waals surface area contributed by atoms with Crippen LogP contribution in [0.3, 0.4) is 0 Å². The van der Waals surface area contributed by atoms with Crippen LogP contribution in [0.25, 0.3) is 0 Å². The molecule has 0 saturated carbocycles. The molecule has 1 aliphatic rings. The van der Waals surface area contributed by atoms with E-state index in [0.717, 1.165) is 5.56 Å². The maximum absolute atomic E-state index is 8.61. The molecule has 3 N–H and O–H groups in total. The number of amidine groups is 1. The zero-order valence-corrected chi connectivity index (χ0v) is 8.67. The van der Waals surface area contributed by atoms with Crippen molar-refractivity contribution in [3.8, 4) is 0 Å². The molecule has 16 heavy (non-hydrogen) atoms. The molecule has 1 aromatic heterocycles. The first-order valence-electron chi connectivity index (χ1n) is 4.92. The van der Waals surface area contributed by atoms with E-state index in [1.54, 1.807) is 12.3 Å². The average molecular weight is 223 g/mol. The van der Waals surface area contributed by atoms with Crippen LogP contribution in [-0.2, 0) is 16.1 Å². The summed E-state index contributed by atoms with van der Waals surface area (Å²) >= 11 is 0. The third-order valence-electron chi connectivity index (χ3n) is 2.32. The Kier molecular flexibility index (Phi) is 3.33. The van der Waals surface area contributed by atoms with Crippen LogP contribution < -0.4 is 5.73 Å². The average Bonchev–Trinajstić information content (AvgIpc) is 2.26. The summed E-state index contributed by atoms with van der Waals surface area (Å²) in [7, 11) is 0. The minimum atomic E-state index is -0.0101. The van der Waals surface area contributed by atoms with Crippen LogP contribution in [-0.4, -0.2) is 35.3 Å². The van der Waals surface area contributed by atoms with Crippen molar-refractivity contribution < 1.29 is 14.7 Å². The van der Waals surface area contributed by atoms with Gasteiger partial charge in [0.15, 0.2) is 5.84 Å². The van der Waals surface area contributed by atoms with E-state index in [2.05, 4.69) is 10.1 Å². The minimum absolute atomic E-state index is 0.0101. The summed E-state index contributed by atoms with van der Waals surface area (Å²) in [4.78, 5) is 4.04. The van der Waals surface area contributed by atoms with Crippen molar-refractivity contribution in [3.63, 3.8) is 0 Å². The quantitative estimate of drug-likeness (QED) is 0.327. The molecule has 0 aromatic carbocycles. The van der Waals surface area contributed by atoms with E-state index in [9.17, 15) is 0 Å². The zero-order chi connectivity index (χ0) is 11.4. The van der Waals surface area contributed by atoms with Gasteiger partial charge in [-0.1, -0.05) is 11.2 Å². The van der Waals surface area contributed by atoms with Crippen molar-refractivity contribution in [2.45, 2.75) is 12.7 Å². The Balaban J connectivity index is 2.06. The fourth-order valence-electron chi connectivity index (χ4n) is 1.35. The molecule has 1 fully saturated rings. The molecule has 0 spiro atoms. The molecule has 1 aliphatic heterocycles. The number of aromatic nitrogens is 1. The van der Waals surface area contributed by atoms with Gasteiger partial charge in [0.25, 0.3) is 0 Å². The van der Waals surface area contributed by atoms with Crippen LogP contribution in [0.5, 0.6) is 0 Å². The number of nitrogens with zero attached hydrogens (tertiary/aromatic N) is 2. The SMILES string of the molecule is N/C(=N/O)c1ncccc1COC1COC1. The van der Waals surface area contributed by atoms with Crippen molar-refractivity contribution in [3.05, 3.63) is 29.6 Å². The van der Waals surface area contributed by atoms with Gasteiger partial charge >= 0.3 is 0 Å². The highest BCUT2D eigenvalue weighted by Crippen LogP contribution is 2.12. The maximum atomic E-state index is 8.61. The number of ether oxygens (including phenoxy) is 2. The van der Waals surface area contributed by atoms with Gasteiger partial charge < -0.3 is 20.4 Å². The molecule has 86 valence electrons. The lowest BCUT2D eigenvalue weighted by atomic mass is 10.2. The third-order valence-corrected chi connectivity index (χ3v) is 2.32. The molecule has 0 amide bonds. The van der Waals surface area contributed by atoms with Crippen LogP contribution in [0.4, 0.5) is 0 Å². The standard InChI is InChI=1S/C10H13N3O3/c11-10(13-14)9-7(2-1-3-12-9)4-16-8-5-15-6-8/h1-3,8,14H,4-6H2,(H2,11,13). The molecule has 0 atom stereocenters. The lowest BCUT2D eigenvalue weighted by Crippen LogP contribution is -2.36. The third kappa shape index (κ3) is 2.29. The molecule has 6 nitrogen and oxygen atoms in total. The molecule has 0 aliphatic carbocycles. The highest BCUT2D eigenvalue weighted by molar-refractivity contribution is 5.96. The van der Waals surface area contributed by atoms with Gasteiger partial charge in [0.05, 0.1) is 19.8 Å². The molecule has 6 heteroatoms. The first-order chi connectivity index (χ1) is 7.81. The number of oxime groups is 1. The highest BCUT2D eigenvalue weighted by atomic mass is 16.6. The van der Waals surface area contributed by atoms with Crippen LogP contribution >= 0.6 is 0 Å². The van der Waals surface area contributed by atoms with Gasteiger partial charge in [-0.05, 0) is 6.07 Å². The van der Waals surface area contributed by atoms with E-state index in [4.69, 9.17) is 20.4 Å². The topological polar surface area (TPSA) is 90.0 Å². The van der Waals surface area contributed by atoms with Gasteiger partial charge in [0, 0.05) is 11.8 Å². The van der Waals surface area contributed by atoms with E-state index in [-0.39, 0.29) is 11.9 Å². The highest BCUT2D eigenvalue weighted by Gasteiger charge is 2.19. The largest absolute Gasteiger partial charge is 0.409 e. The number of hydrogen-bond donors (Lipinski definition) is 2. The van der Waals surface area contributed by atoms with E-state index in [0.29, 0.717) is 25.5 Å². The van der Waals surface area contributed by atoms with Crippen molar-refractivity contribution in [2.24, 2.45) is 10.9 Å². The van der Waals surface area contributed by atoms with Gasteiger partial charge in [-0.3, -0.25) is 4.98 Å². The lowest BCUT2D eigenvalue weighted by Gasteiger charge is -2.26. The predicted octanol–water partition coefficient (Wildman–Crippen LogP) is 0.0915. The summed E-state index contributed by atoms with van der Waals surface area (Å²) in [5.74, 6) is -0.0101. The molecule has 0 bridgehead atoms. The van der Waals surface area contributed by atoms with E-state index >= 15 is 0 Å². The fraction of sp³-hybridized carbons (Fsp3) is 0.400. The van der Waals surface area contributed by atoms with Gasteiger partial charge in [-0.15, -0.1) is 0 Å². The number of hydrogen-bond acceptors (Lipinski definition) is 5. The maximum Gasteiger partial charge on any atom is 0.189 e. The Morgan fingerprint density at radius 1 is 1.69 bits per heavy atom. The number of pyridine rings is 1. The van der Waals surface area contributed by atoms with E-state index in [1.807, 2.05) is 6.07 Å². The predicted molar refractivity (Wildman–Crippen MR) is 56.1 cm³/mol. The van der Waals surface area contributed by atoms with Crippen molar-refractivity contribution in [2.75, 3.05) is 13.2 Å². The Bertz CT molecular complexity index is 391. The second kappa shape index (κ2) is 4.91. The Morgan fingerprint density at radius 3 is 3.12 bits per heavy atom. The van der Waals surface area contributed by atoms with E-state index < -0.39 is 0 Å². The van der Waals surface area contributed by atoms with Crippen LogP contribution in [0, 0.1) is 0 Å². The minimum Gasteiger partial charge on any atom is -0.409 e. The molecular weight excluding hydrogens is 210 g/mol. The first kappa shape index (κ1) is 10.8. The molecule has 0 radical (unpaired) electrons.